The molecule has 0 unspecified atom stereocenters. The molecule has 4 bridgehead atoms. The Morgan fingerprint density at radius 1 is 1.09 bits per heavy atom. The SMILES string of the molecule is Cc1cc2cc(NC(=O)C34CC5CC(CC(C5)C3)C4)ccc2[nH]1. The third kappa shape index (κ3) is 2.13. The Morgan fingerprint density at radius 3 is 2.39 bits per heavy atom. The van der Waals surface area contributed by atoms with Gasteiger partial charge in [-0.2, -0.15) is 0 Å². The van der Waals surface area contributed by atoms with Crippen LogP contribution < -0.4 is 5.32 Å². The number of fused-ring (bicyclic) bond motifs is 1. The molecule has 4 aliphatic carbocycles. The van der Waals surface area contributed by atoms with Gasteiger partial charge in [-0.05, 0) is 87.5 Å². The zero-order valence-corrected chi connectivity index (χ0v) is 13.7. The molecule has 0 aliphatic heterocycles. The van der Waals surface area contributed by atoms with Crippen molar-refractivity contribution in [2.75, 3.05) is 5.32 Å². The average molecular weight is 308 g/mol. The molecule has 23 heavy (non-hydrogen) atoms. The molecule has 2 aromatic rings. The average Bonchev–Trinajstić information content (AvgIpc) is 2.85. The summed E-state index contributed by atoms with van der Waals surface area (Å²) in [5, 5.41) is 4.42. The van der Waals surface area contributed by atoms with E-state index in [9.17, 15) is 4.79 Å². The van der Waals surface area contributed by atoms with Crippen LogP contribution in [0.2, 0.25) is 0 Å². The summed E-state index contributed by atoms with van der Waals surface area (Å²) >= 11 is 0. The number of carbonyl (C=O) groups is 1. The van der Waals surface area contributed by atoms with E-state index in [1.165, 1.54) is 24.6 Å². The molecule has 4 aliphatic rings. The van der Waals surface area contributed by atoms with Crippen LogP contribution in [0, 0.1) is 30.1 Å². The number of carbonyl (C=O) groups excluding carboxylic acids is 1. The lowest BCUT2D eigenvalue weighted by Crippen LogP contribution is -2.51. The fourth-order valence-corrected chi connectivity index (χ4v) is 6.01. The molecule has 4 saturated carbocycles. The summed E-state index contributed by atoms with van der Waals surface area (Å²) in [5.41, 5.74) is 3.16. The molecule has 0 radical (unpaired) electrons. The van der Waals surface area contributed by atoms with E-state index in [-0.39, 0.29) is 11.3 Å². The summed E-state index contributed by atoms with van der Waals surface area (Å²) in [6.07, 6.45) is 7.49. The summed E-state index contributed by atoms with van der Waals surface area (Å²) in [6.45, 7) is 2.06. The second kappa shape index (κ2) is 4.62. The Balaban J connectivity index is 1.41. The van der Waals surface area contributed by atoms with Crippen LogP contribution in [0.15, 0.2) is 24.3 Å². The molecule has 3 nitrogen and oxygen atoms in total. The third-order valence-electron chi connectivity index (χ3n) is 6.53. The highest BCUT2D eigenvalue weighted by atomic mass is 16.2. The predicted molar refractivity (Wildman–Crippen MR) is 92.3 cm³/mol. The number of nitrogens with one attached hydrogen (secondary N) is 2. The van der Waals surface area contributed by atoms with E-state index in [1.807, 2.05) is 6.07 Å². The quantitative estimate of drug-likeness (QED) is 0.834. The van der Waals surface area contributed by atoms with Gasteiger partial charge in [0.05, 0.1) is 5.41 Å². The van der Waals surface area contributed by atoms with Crippen molar-refractivity contribution in [3.8, 4) is 0 Å². The fraction of sp³-hybridized carbons (Fsp3) is 0.550. The van der Waals surface area contributed by atoms with E-state index in [4.69, 9.17) is 0 Å². The molecule has 1 amide bonds. The molecule has 120 valence electrons. The van der Waals surface area contributed by atoms with Gasteiger partial charge in [-0.15, -0.1) is 0 Å². The lowest BCUT2D eigenvalue weighted by atomic mass is 9.49. The highest BCUT2D eigenvalue weighted by Gasteiger charge is 2.54. The number of H-pyrrole nitrogens is 1. The molecule has 3 heteroatoms. The number of aromatic amines is 1. The Morgan fingerprint density at radius 2 is 1.74 bits per heavy atom. The summed E-state index contributed by atoms with van der Waals surface area (Å²) in [6, 6.07) is 8.32. The number of aryl methyl sites for hydroxylation is 1. The summed E-state index contributed by atoms with van der Waals surface area (Å²) < 4.78 is 0. The minimum absolute atomic E-state index is 0.0717. The van der Waals surface area contributed by atoms with E-state index >= 15 is 0 Å². The maximum absolute atomic E-state index is 13.1. The molecule has 1 aromatic carbocycles. The maximum Gasteiger partial charge on any atom is 0.230 e. The molecular formula is C20H24N2O. The van der Waals surface area contributed by atoms with Crippen LogP contribution in [-0.2, 0) is 4.79 Å². The van der Waals surface area contributed by atoms with Crippen LogP contribution in [0.25, 0.3) is 10.9 Å². The van der Waals surface area contributed by atoms with Crippen molar-refractivity contribution < 1.29 is 4.79 Å². The third-order valence-corrected chi connectivity index (χ3v) is 6.53. The second-order valence-corrected chi connectivity index (χ2v) is 8.41. The Kier molecular flexibility index (Phi) is 2.74. The topological polar surface area (TPSA) is 44.9 Å². The summed E-state index contributed by atoms with van der Waals surface area (Å²) in [7, 11) is 0. The van der Waals surface area contributed by atoms with Crippen molar-refractivity contribution >= 4 is 22.5 Å². The number of hydrogen-bond donors (Lipinski definition) is 2. The number of benzene rings is 1. The number of hydrogen-bond acceptors (Lipinski definition) is 1. The number of amides is 1. The van der Waals surface area contributed by atoms with Crippen molar-refractivity contribution in [3.63, 3.8) is 0 Å². The number of anilines is 1. The van der Waals surface area contributed by atoms with Gasteiger partial charge in [0.2, 0.25) is 5.91 Å². The molecule has 0 atom stereocenters. The first-order chi connectivity index (χ1) is 11.1. The van der Waals surface area contributed by atoms with Gasteiger partial charge in [-0.3, -0.25) is 4.79 Å². The zero-order valence-electron chi connectivity index (χ0n) is 13.7. The summed E-state index contributed by atoms with van der Waals surface area (Å²) in [4.78, 5) is 16.4. The van der Waals surface area contributed by atoms with Crippen molar-refractivity contribution in [1.82, 2.24) is 4.98 Å². The Hall–Kier alpha value is -1.77. The minimum atomic E-state index is -0.0717. The highest BCUT2D eigenvalue weighted by Crippen LogP contribution is 2.60. The van der Waals surface area contributed by atoms with Crippen molar-refractivity contribution in [2.45, 2.75) is 45.4 Å². The van der Waals surface area contributed by atoms with Crippen molar-refractivity contribution in [1.29, 1.82) is 0 Å². The second-order valence-electron chi connectivity index (χ2n) is 8.41. The Labute approximate surface area is 136 Å². The summed E-state index contributed by atoms with van der Waals surface area (Å²) in [5.74, 6) is 2.70. The normalized spacial score (nSPS) is 34.9. The lowest BCUT2D eigenvalue weighted by molar-refractivity contribution is -0.140. The largest absolute Gasteiger partial charge is 0.359 e. The molecule has 0 saturated heterocycles. The molecule has 1 aromatic heterocycles. The predicted octanol–water partition coefficient (Wildman–Crippen LogP) is 4.63. The minimum Gasteiger partial charge on any atom is -0.359 e. The van der Waals surface area contributed by atoms with Crippen molar-refractivity contribution in [2.24, 2.45) is 23.2 Å². The standard InChI is InChI=1S/C20H24N2O/c1-12-4-16-8-17(2-3-18(16)21-12)22-19(23)20-9-13-5-14(10-20)7-15(6-13)11-20/h2-4,8,13-15,21H,5-7,9-11H2,1H3,(H,22,23). The molecule has 2 N–H and O–H groups in total. The lowest BCUT2D eigenvalue weighted by Gasteiger charge is -2.55. The number of rotatable bonds is 2. The first kappa shape index (κ1) is 13.6. The zero-order chi connectivity index (χ0) is 15.6. The molecule has 1 heterocycles. The van der Waals surface area contributed by atoms with E-state index in [0.29, 0.717) is 0 Å². The molecule has 0 spiro atoms. The monoisotopic (exact) mass is 308 g/mol. The first-order valence-electron chi connectivity index (χ1n) is 9.00. The van der Waals surface area contributed by atoms with Gasteiger partial charge in [-0.25, -0.2) is 0 Å². The van der Waals surface area contributed by atoms with E-state index in [1.54, 1.807) is 0 Å². The number of aromatic nitrogens is 1. The van der Waals surface area contributed by atoms with Gasteiger partial charge < -0.3 is 10.3 Å². The molecular weight excluding hydrogens is 284 g/mol. The van der Waals surface area contributed by atoms with E-state index < -0.39 is 0 Å². The smallest absolute Gasteiger partial charge is 0.230 e. The van der Waals surface area contributed by atoms with Crippen LogP contribution in [0.4, 0.5) is 5.69 Å². The van der Waals surface area contributed by atoms with Gasteiger partial charge in [0.25, 0.3) is 0 Å². The first-order valence-corrected chi connectivity index (χ1v) is 9.00. The van der Waals surface area contributed by atoms with Crippen LogP contribution >= 0.6 is 0 Å². The maximum atomic E-state index is 13.1. The molecule has 4 fully saturated rings. The van der Waals surface area contributed by atoms with Gasteiger partial charge in [0.15, 0.2) is 0 Å². The van der Waals surface area contributed by atoms with E-state index in [0.717, 1.165) is 53.9 Å². The van der Waals surface area contributed by atoms with Gasteiger partial charge >= 0.3 is 0 Å². The fourth-order valence-electron chi connectivity index (χ4n) is 6.01. The van der Waals surface area contributed by atoms with Crippen LogP contribution in [-0.4, -0.2) is 10.9 Å². The Bertz CT molecular complexity index is 753. The van der Waals surface area contributed by atoms with Crippen molar-refractivity contribution in [3.05, 3.63) is 30.0 Å². The van der Waals surface area contributed by atoms with Crippen LogP contribution in [0.1, 0.15) is 44.2 Å². The van der Waals surface area contributed by atoms with Gasteiger partial charge in [0, 0.05) is 22.3 Å². The van der Waals surface area contributed by atoms with E-state index in [2.05, 4.69) is 35.4 Å². The van der Waals surface area contributed by atoms with Crippen LogP contribution in [0.3, 0.4) is 0 Å². The van der Waals surface area contributed by atoms with Crippen LogP contribution in [0.5, 0.6) is 0 Å². The highest BCUT2D eigenvalue weighted by molar-refractivity contribution is 5.97. The van der Waals surface area contributed by atoms with Gasteiger partial charge in [-0.1, -0.05) is 0 Å². The van der Waals surface area contributed by atoms with Gasteiger partial charge in [0.1, 0.15) is 0 Å². The molecule has 6 rings (SSSR count).